The van der Waals surface area contributed by atoms with Crippen molar-refractivity contribution in [1.82, 2.24) is 10.2 Å². The number of benzene rings is 1. The average Bonchev–Trinajstić information content (AvgIpc) is 3.21. The molecule has 114 valence electrons. The van der Waals surface area contributed by atoms with Gasteiger partial charge in [0, 0.05) is 5.54 Å². The number of hydrogen-bond donors (Lipinski definition) is 1. The minimum Gasteiger partial charge on any atom is -0.349 e. The molecule has 2 fully saturated rings. The third-order valence-corrected chi connectivity index (χ3v) is 4.98. The lowest BCUT2D eigenvalue weighted by Gasteiger charge is -2.32. The molecule has 3 rings (SSSR count). The van der Waals surface area contributed by atoms with Gasteiger partial charge in [0.25, 0.3) is 0 Å². The molecule has 1 unspecified atom stereocenters. The van der Waals surface area contributed by atoms with Crippen molar-refractivity contribution >= 4 is 5.91 Å². The number of nitrogens with zero attached hydrogens (tertiary/aromatic N) is 1. The SMILES string of the molecule is Cc1ccc(CC2(NC(=O)C3CCCCN3C)CC2)cc1. The van der Waals surface area contributed by atoms with E-state index in [0.29, 0.717) is 0 Å². The lowest BCUT2D eigenvalue weighted by Crippen LogP contribution is -2.51. The van der Waals surface area contributed by atoms with E-state index in [1.54, 1.807) is 0 Å². The van der Waals surface area contributed by atoms with Gasteiger partial charge in [-0.15, -0.1) is 0 Å². The summed E-state index contributed by atoms with van der Waals surface area (Å²) < 4.78 is 0. The summed E-state index contributed by atoms with van der Waals surface area (Å²) >= 11 is 0. The van der Waals surface area contributed by atoms with Crippen molar-refractivity contribution in [3.05, 3.63) is 35.4 Å². The number of hydrogen-bond acceptors (Lipinski definition) is 2. The number of amides is 1. The van der Waals surface area contributed by atoms with E-state index in [4.69, 9.17) is 0 Å². The Morgan fingerprint density at radius 1 is 1.29 bits per heavy atom. The van der Waals surface area contributed by atoms with Crippen LogP contribution in [0.5, 0.6) is 0 Å². The van der Waals surface area contributed by atoms with Crippen LogP contribution in [0.1, 0.15) is 43.2 Å². The van der Waals surface area contributed by atoms with Crippen LogP contribution in [-0.4, -0.2) is 36.0 Å². The Kier molecular flexibility index (Phi) is 4.03. The molecule has 1 atom stereocenters. The normalized spacial score (nSPS) is 24.6. The van der Waals surface area contributed by atoms with Crippen LogP contribution in [0, 0.1) is 6.92 Å². The van der Waals surface area contributed by atoms with Crippen molar-refractivity contribution in [2.24, 2.45) is 0 Å². The Hall–Kier alpha value is -1.35. The van der Waals surface area contributed by atoms with E-state index in [1.165, 1.54) is 24.0 Å². The number of piperidine rings is 1. The first-order chi connectivity index (χ1) is 10.1. The molecule has 0 aromatic heterocycles. The highest BCUT2D eigenvalue weighted by molar-refractivity contribution is 5.83. The molecule has 1 aromatic carbocycles. The maximum absolute atomic E-state index is 12.6. The zero-order valence-electron chi connectivity index (χ0n) is 13.2. The van der Waals surface area contributed by atoms with Crippen molar-refractivity contribution < 1.29 is 4.79 Å². The van der Waals surface area contributed by atoms with E-state index in [0.717, 1.165) is 32.2 Å². The van der Waals surface area contributed by atoms with Gasteiger partial charge in [-0.3, -0.25) is 9.69 Å². The van der Waals surface area contributed by atoms with Gasteiger partial charge in [0.05, 0.1) is 6.04 Å². The summed E-state index contributed by atoms with van der Waals surface area (Å²) in [6, 6.07) is 8.77. The first-order valence-electron chi connectivity index (χ1n) is 8.16. The first kappa shape index (κ1) is 14.6. The number of aryl methyl sites for hydroxylation is 1. The van der Waals surface area contributed by atoms with E-state index < -0.39 is 0 Å². The Balaban J connectivity index is 1.61. The number of carbonyl (C=O) groups excluding carboxylic acids is 1. The Bertz CT molecular complexity index is 504. The number of carbonyl (C=O) groups is 1. The maximum atomic E-state index is 12.6. The molecule has 1 aliphatic carbocycles. The quantitative estimate of drug-likeness (QED) is 0.923. The van der Waals surface area contributed by atoms with E-state index in [-0.39, 0.29) is 17.5 Å². The maximum Gasteiger partial charge on any atom is 0.237 e. The predicted molar refractivity (Wildman–Crippen MR) is 85.3 cm³/mol. The molecule has 2 aliphatic rings. The molecule has 1 amide bonds. The van der Waals surface area contributed by atoms with Gasteiger partial charge in [0.1, 0.15) is 0 Å². The summed E-state index contributed by atoms with van der Waals surface area (Å²) in [5, 5.41) is 3.35. The van der Waals surface area contributed by atoms with Gasteiger partial charge in [-0.25, -0.2) is 0 Å². The molecule has 0 radical (unpaired) electrons. The highest BCUT2D eigenvalue weighted by Gasteiger charge is 2.45. The molecule has 1 aliphatic heterocycles. The molecule has 0 bridgehead atoms. The summed E-state index contributed by atoms with van der Waals surface area (Å²) in [5.74, 6) is 0.238. The molecule has 1 aromatic rings. The molecule has 21 heavy (non-hydrogen) atoms. The van der Waals surface area contributed by atoms with Crippen LogP contribution in [-0.2, 0) is 11.2 Å². The highest BCUT2D eigenvalue weighted by atomic mass is 16.2. The number of likely N-dealkylation sites (tertiary alicyclic amines) is 1. The van der Waals surface area contributed by atoms with Gasteiger partial charge in [0.2, 0.25) is 5.91 Å². The summed E-state index contributed by atoms with van der Waals surface area (Å²) in [6.45, 7) is 3.15. The zero-order chi connectivity index (χ0) is 14.9. The second kappa shape index (κ2) is 5.80. The monoisotopic (exact) mass is 286 g/mol. The molecule has 1 saturated carbocycles. The summed E-state index contributed by atoms with van der Waals surface area (Å²) in [5.41, 5.74) is 2.65. The van der Waals surface area contributed by atoms with Gasteiger partial charge in [-0.2, -0.15) is 0 Å². The molecule has 3 nitrogen and oxygen atoms in total. The fourth-order valence-corrected chi connectivity index (χ4v) is 3.34. The van der Waals surface area contributed by atoms with Crippen molar-refractivity contribution in [2.75, 3.05) is 13.6 Å². The largest absolute Gasteiger partial charge is 0.349 e. The lowest BCUT2D eigenvalue weighted by molar-refractivity contribution is -0.128. The Morgan fingerprint density at radius 2 is 2.00 bits per heavy atom. The molecule has 1 heterocycles. The van der Waals surface area contributed by atoms with Crippen LogP contribution in [0.3, 0.4) is 0 Å². The van der Waals surface area contributed by atoms with Crippen LogP contribution in [0.2, 0.25) is 0 Å². The van der Waals surface area contributed by atoms with Crippen molar-refractivity contribution in [3.63, 3.8) is 0 Å². The second-order valence-corrected chi connectivity index (χ2v) is 6.92. The average molecular weight is 286 g/mol. The Morgan fingerprint density at radius 3 is 2.62 bits per heavy atom. The minimum atomic E-state index is 0.0324. The standard InChI is InChI=1S/C18H26N2O/c1-14-6-8-15(9-7-14)13-18(10-11-18)19-17(21)16-5-3-4-12-20(16)2/h6-9,16H,3-5,10-13H2,1-2H3,(H,19,21). The van der Waals surface area contributed by atoms with Crippen LogP contribution in [0.25, 0.3) is 0 Å². The van der Waals surface area contributed by atoms with Crippen LogP contribution in [0.15, 0.2) is 24.3 Å². The van der Waals surface area contributed by atoms with Gasteiger partial charge in [-0.1, -0.05) is 36.2 Å². The smallest absolute Gasteiger partial charge is 0.237 e. The highest BCUT2D eigenvalue weighted by Crippen LogP contribution is 2.39. The molecule has 1 N–H and O–H groups in total. The van der Waals surface area contributed by atoms with E-state index in [2.05, 4.69) is 48.5 Å². The van der Waals surface area contributed by atoms with Gasteiger partial charge in [-0.05, 0) is 58.2 Å². The van der Waals surface area contributed by atoms with E-state index in [9.17, 15) is 4.79 Å². The zero-order valence-corrected chi connectivity index (χ0v) is 13.2. The Labute approximate surface area is 127 Å². The van der Waals surface area contributed by atoms with E-state index in [1.807, 2.05) is 0 Å². The van der Waals surface area contributed by atoms with Gasteiger partial charge in [0.15, 0.2) is 0 Å². The summed E-state index contributed by atoms with van der Waals surface area (Å²) in [7, 11) is 2.07. The summed E-state index contributed by atoms with van der Waals surface area (Å²) in [6.07, 6.45) is 6.59. The number of rotatable bonds is 4. The topological polar surface area (TPSA) is 32.3 Å². The summed E-state index contributed by atoms with van der Waals surface area (Å²) in [4.78, 5) is 14.8. The first-order valence-corrected chi connectivity index (χ1v) is 8.16. The second-order valence-electron chi connectivity index (χ2n) is 6.92. The fraction of sp³-hybridized carbons (Fsp3) is 0.611. The lowest BCUT2D eigenvalue weighted by atomic mass is 9.99. The van der Waals surface area contributed by atoms with Crippen LogP contribution >= 0.6 is 0 Å². The third kappa shape index (κ3) is 3.46. The van der Waals surface area contributed by atoms with E-state index >= 15 is 0 Å². The van der Waals surface area contributed by atoms with Crippen molar-refractivity contribution in [1.29, 1.82) is 0 Å². The van der Waals surface area contributed by atoms with Gasteiger partial charge >= 0.3 is 0 Å². The van der Waals surface area contributed by atoms with Gasteiger partial charge < -0.3 is 5.32 Å². The van der Waals surface area contributed by atoms with Crippen LogP contribution in [0.4, 0.5) is 0 Å². The molecule has 1 saturated heterocycles. The number of likely N-dealkylation sites (N-methyl/N-ethyl adjacent to an activating group) is 1. The predicted octanol–water partition coefficient (Wildman–Crippen LogP) is 2.67. The minimum absolute atomic E-state index is 0.0324. The molecular formula is C18H26N2O. The molecular weight excluding hydrogens is 260 g/mol. The molecule has 0 spiro atoms. The van der Waals surface area contributed by atoms with Crippen LogP contribution < -0.4 is 5.32 Å². The third-order valence-electron chi connectivity index (χ3n) is 4.98. The van der Waals surface area contributed by atoms with Crippen molar-refractivity contribution in [3.8, 4) is 0 Å². The number of nitrogens with one attached hydrogen (secondary N) is 1. The van der Waals surface area contributed by atoms with Crippen molar-refractivity contribution in [2.45, 2.75) is 57.0 Å². The fourth-order valence-electron chi connectivity index (χ4n) is 3.34. The molecule has 3 heteroatoms.